The van der Waals surface area contributed by atoms with Crippen LogP contribution >= 0.6 is 11.5 Å². The van der Waals surface area contributed by atoms with E-state index in [1.54, 1.807) is 0 Å². The molecule has 0 saturated carbocycles. The number of rotatable bonds is 1. The molecule has 0 unspecified atom stereocenters. The van der Waals surface area contributed by atoms with Crippen molar-refractivity contribution >= 4 is 21.7 Å². The van der Waals surface area contributed by atoms with E-state index in [-0.39, 0.29) is 5.56 Å². The number of H-pyrrole nitrogens is 1. The number of aromatic nitrogens is 3. The number of aromatic amines is 1. The summed E-state index contributed by atoms with van der Waals surface area (Å²) in [7, 11) is 0. The molecule has 84 valence electrons. The van der Waals surface area contributed by atoms with Crippen molar-refractivity contribution in [2.45, 2.75) is 6.92 Å². The van der Waals surface area contributed by atoms with Crippen LogP contribution in [0, 0.1) is 6.92 Å². The van der Waals surface area contributed by atoms with E-state index in [0.717, 1.165) is 5.56 Å². The summed E-state index contributed by atoms with van der Waals surface area (Å²) >= 11 is 1.25. The maximum absolute atomic E-state index is 11.8. The Balaban J connectivity index is 2.31. The van der Waals surface area contributed by atoms with E-state index < -0.39 is 0 Å². The number of nitrogens with zero attached hydrogens (tertiary/aromatic N) is 2. The van der Waals surface area contributed by atoms with Gasteiger partial charge >= 0.3 is 0 Å². The normalized spacial score (nSPS) is 10.9. The van der Waals surface area contributed by atoms with E-state index >= 15 is 0 Å². The summed E-state index contributed by atoms with van der Waals surface area (Å²) in [5.74, 6) is 0. The average Bonchev–Trinajstić information content (AvgIpc) is 2.75. The number of fused-ring (bicyclic) bond motifs is 1. The maximum Gasteiger partial charge on any atom is 0.261 e. The van der Waals surface area contributed by atoms with Gasteiger partial charge in [-0.05, 0) is 18.5 Å². The van der Waals surface area contributed by atoms with E-state index in [0.29, 0.717) is 15.9 Å². The zero-order valence-electron chi connectivity index (χ0n) is 9.10. The highest BCUT2D eigenvalue weighted by atomic mass is 32.1. The van der Waals surface area contributed by atoms with Gasteiger partial charge < -0.3 is 4.98 Å². The molecular formula is C12H9N3OS. The molecule has 2 aromatic heterocycles. The van der Waals surface area contributed by atoms with E-state index in [2.05, 4.69) is 14.3 Å². The number of nitrogens with one attached hydrogen (secondary N) is 1. The summed E-state index contributed by atoms with van der Waals surface area (Å²) in [6.45, 7) is 2.03. The van der Waals surface area contributed by atoms with Crippen LogP contribution in [0.1, 0.15) is 5.56 Å². The average molecular weight is 243 g/mol. The Morgan fingerprint density at radius 3 is 2.76 bits per heavy atom. The first kappa shape index (κ1) is 10.2. The molecule has 3 rings (SSSR count). The lowest BCUT2D eigenvalue weighted by Gasteiger charge is -1.98. The van der Waals surface area contributed by atoms with Gasteiger partial charge in [-0.1, -0.05) is 29.8 Å². The van der Waals surface area contributed by atoms with Crippen molar-refractivity contribution in [3.05, 3.63) is 46.5 Å². The highest BCUT2D eigenvalue weighted by Gasteiger charge is 2.12. The topological polar surface area (TPSA) is 58.6 Å². The van der Waals surface area contributed by atoms with Gasteiger partial charge in [0.15, 0.2) is 4.83 Å². The molecule has 0 atom stereocenters. The lowest BCUT2D eigenvalue weighted by atomic mass is 10.1. The van der Waals surface area contributed by atoms with Gasteiger partial charge in [0, 0.05) is 5.56 Å². The summed E-state index contributed by atoms with van der Waals surface area (Å²) in [6, 6.07) is 7.95. The third kappa shape index (κ3) is 1.64. The van der Waals surface area contributed by atoms with Crippen molar-refractivity contribution in [1.82, 2.24) is 14.3 Å². The Morgan fingerprint density at radius 2 is 2.00 bits per heavy atom. The Bertz CT molecular complexity index is 727. The molecule has 2 heterocycles. The van der Waals surface area contributed by atoms with Gasteiger partial charge in [0.1, 0.15) is 5.39 Å². The molecule has 0 spiro atoms. The standard InChI is InChI=1S/C12H9N3OS/c1-7-2-4-8(5-3-7)10-9-11(16)13-6-14-12(9)17-15-10/h2-6H,1H3,(H,13,14,16). The third-order valence-corrected chi connectivity index (χ3v) is 3.36. The molecule has 0 saturated heterocycles. The quantitative estimate of drug-likeness (QED) is 0.713. The molecule has 17 heavy (non-hydrogen) atoms. The second kappa shape index (κ2) is 3.78. The molecule has 0 aliphatic heterocycles. The van der Waals surface area contributed by atoms with Gasteiger partial charge in [0.2, 0.25) is 0 Å². The molecule has 0 radical (unpaired) electrons. The van der Waals surface area contributed by atoms with Crippen molar-refractivity contribution in [3.8, 4) is 11.3 Å². The van der Waals surface area contributed by atoms with Gasteiger partial charge in [-0.3, -0.25) is 4.79 Å². The van der Waals surface area contributed by atoms with Crippen molar-refractivity contribution in [1.29, 1.82) is 0 Å². The van der Waals surface area contributed by atoms with Gasteiger partial charge in [0.05, 0.1) is 12.0 Å². The molecule has 0 aliphatic carbocycles. The molecular weight excluding hydrogens is 234 g/mol. The fourth-order valence-corrected chi connectivity index (χ4v) is 2.46. The number of aryl methyl sites for hydroxylation is 1. The number of hydrogen-bond donors (Lipinski definition) is 1. The zero-order valence-corrected chi connectivity index (χ0v) is 9.91. The molecule has 1 N–H and O–H groups in total. The van der Waals surface area contributed by atoms with Crippen molar-refractivity contribution in [2.75, 3.05) is 0 Å². The van der Waals surface area contributed by atoms with Crippen LogP contribution in [-0.2, 0) is 0 Å². The van der Waals surface area contributed by atoms with Crippen LogP contribution < -0.4 is 5.56 Å². The SMILES string of the molecule is Cc1ccc(-c2nsc3nc[nH]c(=O)c23)cc1. The first-order valence-corrected chi connectivity index (χ1v) is 5.93. The summed E-state index contributed by atoms with van der Waals surface area (Å²) in [5, 5.41) is 0.571. The maximum atomic E-state index is 11.8. The summed E-state index contributed by atoms with van der Waals surface area (Å²) in [6.07, 6.45) is 1.40. The highest BCUT2D eigenvalue weighted by molar-refractivity contribution is 7.13. The minimum Gasteiger partial charge on any atom is -0.312 e. The third-order valence-electron chi connectivity index (χ3n) is 2.60. The molecule has 3 aromatic rings. The highest BCUT2D eigenvalue weighted by Crippen LogP contribution is 2.26. The summed E-state index contributed by atoms with van der Waals surface area (Å²) in [5.41, 5.74) is 2.69. The molecule has 4 nitrogen and oxygen atoms in total. The molecule has 5 heteroatoms. The fraction of sp³-hybridized carbons (Fsp3) is 0.0833. The van der Waals surface area contributed by atoms with Crippen LogP contribution in [-0.4, -0.2) is 14.3 Å². The first-order valence-electron chi connectivity index (χ1n) is 5.16. The summed E-state index contributed by atoms with van der Waals surface area (Å²) < 4.78 is 4.32. The van der Waals surface area contributed by atoms with Gasteiger partial charge in [-0.25, -0.2) is 4.98 Å². The van der Waals surface area contributed by atoms with Crippen LogP contribution in [0.2, 0.25) is 0 Å². The minimum absolute atomic E-state index is 0.140. The van der Waals surface area contributed by atoms with Crippen LogP contribution in [0.25, 0.3) is 21.5 Å². The van der Waals surface area contributed by atoms with Crippen LogP contribution in [0.5, 0.6) is 0 Å². The zero-order chi connectivity index (χ0) is 11.8. The Kier molecular flexibility index (Phi) is 2.26. The largest absolute Gasteiger partial charge is 0.312 e. The summed E-state index contributed by atoms with van der Waals surface area (Å²) in [4.78, 5) is 19.1. The minimum atomic E-state index is -0.140. The first-order chi connectivity index (χ1) is 8.25. The molecule has 0 amide bonds. The van der Waals surface area contributed by atoms with E-state index in [9.17, 15) is 4.79 Å². The van der Waals surface area contributed by atoms with Gasteiger partial charge in [0.25, 0.3) is 5.56 Å². The monoisotopic (exact) mass is 243 g/mol. The number of hydrogen-bond acceptors (Lipinski definition) is 4. The Morgan fingerprint density at radius 1 is 1.24 bits per heavy atom. The van der Waals surface area contributed by atoms with E-state index in [4.69, 9.17) is 0 Å². The van der Waals surface area contributed by atoms with Crippen molar-refractivity contribution in [3.63, 3.8) is 0 Å². The van der Waals surface area contributed by atoms with Gasteiger partial charge in [-0.15, -0.1) is 0 Å². The predicted molar refractivity (Wildman–Crippen MR) is 68.2 cm³/mol. The fourth-order valence-electron chi connectivity index (χ4n) is 1.70. The molecule has 0 bridgehead atoms. The number of benzene rings is 1. The molecule has 0 aliphatic rings. The van der Waals surface area contributed by atoms with Crippen LogP contribution in [0.4, 0.5) is 0 Å². The van der Waals surface area contributed by atoms with Crippen molar-refractivity contribution in [2.24, 2.45) is 0 Å². The smallest absolute Gasteiger partial charge is 0.261 e. The lowest BCUT2D eigenvalue weighted by molar-refractivity contribution is 1.18. The second-order valence-electron chi connectivity index (χ2n) is 3.81. The van der Waals surface area contributed by atoms with E-state index in [1.165, 1.54) is 23.4 Å². The second-order valence-corrected chi connectivity index (χ2v) is 4.56. The van der Waals surface area contributed by atoms with Crippen molar-refractivity contribution < 1.29 is 0 Å². The lowest BCUT2D eigenvalue weighted by Crippen LogP contribution is -2.05. The predicted octanol–water partition coefficient (Wildman–Crippen LogP) is 2.36. The molecule has 1 aromatic carbocycles. The Hall–Kier alpha value is -2.01. The van der Waals surface area contributed by atoms with Crippen LogP contribution in [0.15, 0.2) is 35.4 Å². The van der Waals surface area contributed by atoms with Crippen LogP contribution in [0.3, 0.4) is 0 Å². The van der Waals surface area contributed by atoms with Gasteiger partial charge in [-0.2, -0.15) is 4.37 Å². The Labute approximate surface area is 101 Å². The van der Waals surface area contributed by atoms with E-state index in [1.807, 2.05) is 31.2 Å². The molecule has 0 fully saturated rings.